The van der Waals surface area contributed by atoms with Gasteiger partial charge < -0.3 is 10.6 Å². The molecule has 2 rings (SSSR count). The minimum absolute atomic E-state index is 0.0275. The topological polar surface area (TPSA) is 78.5 Å². The number of likely N-dealkylation sites (N-methyl/N-ethyl adjacent to an activating group) is 1. The lowest BCUT2D eigenvalue weighted by atomic mass is 10.2. The number of nitrogens with one attached hydrogen (secondary N) is 2. The maximum absolute atomic E-state index is 13.2. The van der Waals surface area contributed by atoms with Crippen LogP contribution in [0.1, 0.15) is 5.56 Å². The smallest absolute Gasteiger partial charge is 0.244 e. The fraction of sp³-hybridized carbons (Fsp3) is 0.462. The summed E-state index contributed by atoms with van der Waals surface area (Å²) >= 11 is 0. The molecule has 116 valence electrons. The van der Waals surface area contributed by atoms with Gasteiger partial charge in [-0.2, -0.15) is 4.31 Å². The molecule has 0 bridgehead atoms. The summed E-state index contributed by atoms with van der Waals surface area (Å²) < 4.78 is 39.8. The van der Waals surface area contributed by atoms with E-state index in [1.54, 1.807) is 0 Å². The van der Waals surface area contributed by atoms with E-state index in [0.29, 0.717) is 12.1 Å². The van der Waals surface area contributed by atoms with Crippen molar-refractivity contribution >= 4 is 15.9 Å². The van der Waals surface area contributed by atoms with Crippen molar-refractivity contribution in [3.05, 3.63) is 29.6 Å². The summed E-state index contributed by atoms with van der Waals surface area (Å²) in [6.07, 6.45) is 0. The van der Waals surface area contributed by atoms with E-state index >= 15 is 0 Å². The fourth-order valence-corrected chi connectivity index (χ4v) is 4.19. The summed E-state index contributed by atoms with van der Waals surface area (Å²) in [6, 6.07) is 2.71. The first kappa shape index (κ1) is 15.9. The first-order chi connectivity index (χ1) is 9.87. The molecule has 1 atom stereocenters. The van der Waals surface area contributed by atoms with E-state index in [0.717, 1.165) is 6.07 Å². The molecule has 0 saturated carbocycles. The van der Waals surface area contributed by atoms with Crippen LogP contribution in [0.25, 0.3) is 0 Å². The molecule has 1 aromatic rings. The minimum Gasteiger partial charge on any atom is -0.358 e. The van der Waals surface area contributed by atoms with E-state index in [1.807, 2.05) is 0 Å². The van der Waals surface area contributed by atoms with Crippen molar-refractivity contribution in [2.24, 2.45) is 0 Å². The summed E-state index contributed by atoms with van der Waals surface area (Å²) in [5.41, 5.74) is 0.323. The van der Waals surface area contributed by atoms with Crippen LogP contribution in [0.4, 0.5) is 4.39 Å². The lowest BCUT2D eigenvalue weighted by molar-refractivity contribution is -0.124. The molecule has 0 radical (unpaired) electrons. The molecule has 0 spiro atoms. The monoisotopic (exact) mass is 315 g/mol. The number of halogens is 1. The SMILES string of the molecule is CNC(=O)C1CNCCN1S(=O)(=O)c1ccc(F)cc1C. The Hall–Kier alpha value is -1.51. The average molecular weight is 315 g/mol. The number of aryl methyl sites for hydroxylation is 1. The molecule has 1 aliphatic heterocycles. The van der Waals surface area contributed by atoms with E-state index in [2.05, 4.69) is 10.6 Å². The molecule has 1 amide bonds. The lowest BCUT2D eigenvalue weighted by Crippen LogP contribution is -2.59. The van der Waals surface area contributed by atoms with Gasteiger partial charge in [0.2, 0.25) is 15.9 Å². The largest absolute Gasteiger partial charge is 0.358 e. The van der Waals surface area contributed by atoms with Gasteiger partial charge in [0.15, 0.2) is 0 Å². The molecular weight excluding hydrogens is 297 g/mol. The second-order valence-corrected chi connectivity index (χ2v) is 6.72. The van der Waals surface area contributed by atoms with Crippen LogP contribution in [-0.2, 0) is 14.8 Å². The van der Waals surface area contributed by atoms with Gasteiger partial charge in [0.05, 0.1) is 4.90 Å². The first-order valence-corrected chi connectivity index (χ1v) is 8.02. The zero-order valence-corrected chi connectivity index (χ0v) is 12.7. The number of sulfonamides is 1. The Morgan fingerprint density at radius 3 is 2.81 bits per heavy atom. The van der Waals surface area contributed by atoms with Crippen LogP contribution >= 0.6 is 0 Å². The van der Waals surface area contributed by atoms with E-state index in [4.69, 9.17) is 0 Å². The van der Waals surface area contributed by atoms with Crippen LogP contribution in [0.5, 0.6) is 0 Å². The van der Waals surface area contributed by atoms with Gasteiger partial charge >= 0.3 is 0 Å². The number of amides is 1. The Kier molecular flexibility index (Phi) is 4.60. The third kappa shape index (κ3) is 3.07. The lowest BCUT2D eigenvalue weighted by Gasteiger charge is -2.34. The molecule has 6 nitrogen and oxygen atoms in total. The van der Waals surface area contributed by atoms with Crippen molar-refractivity contribution in [3.8, 4) is 0 Å². The summed E-state index contributed by atoms with van der Waals surface area (Å²) in [7, 11) is -2.38. The Bertz CT molecular complexity index is 648. The highest BCUT2D eigenvalue weighted by molar-refractivity contribution is 7.89. The molecule has 1 saturated heterocycles. The number of hydrogen-bond donors (Lipinski definition) is 2. The number of piperazine rings is 1. The Morgan fingerprint density at radius 1 is 1.48 bits per heavy atom. The first-order valence-electron chi connectivity index (χ1n) is 6.58. The highest BCUT2D eigenvalue weighted by Gasteiger charge is 2.37. The number of benzene rings is 1. The third-order valence-corrected chi connectivity index (χ3v) is 5.54. The number of nitrogens with zero attached hydrogens (tertiary/aromatic N) is 1. The predicted molar refractivity (Wildman–Crippen MR) is 75.8 cm³/mol. The molecule has 1 aliphatic rings. The second kappa shape index (κ2) is 6.08. The number of carbonyl (C=O) groups excluding carboxylic acids is 1. The van der Waals surface area contributed by atoms with Crippen molar-refractivity contribution in [1.29, 1.82) is 0 Å². The molecule has 2 N–H and O–H groups in total. The molecule has 0 aromatic heterocycles. The van der Waals surface area contributed by atoms with Gasteiger partial charge in [0.1, 0.15) is 11.9 Å². The van der Waals surface area contributed by atoms with Crippen LogP contribution in [0.3, 0.4) is 0 Å². The van der Waals surface area contributed by atoms with Gasteiger partial charge in [0, 0.05) is 26.7 Å². The van der Waals surface area contributed by atoms with Gasteiger partial charge in [0.25, 0.3) is 0 Å². The summed E-state index contributed by atoms with van der Waals surface area (Å²) in [6.45, 7) is 2.44. The van der Waals surface area contributed by atoms with Crippen LogP contribution in [0.2, 0.25) is 0 Å². The highest BCUT2D eigenvalue weighted by Crippen LogP contribution is 2.23. The van der Waals surface area contributed by atoms with Crippen molar-refractivity contribution in [2.45, 2.75) is 17.9 Å². The number of carbonyl (C=O) groups is 1. The normalized spacial score (nSPS) is 20.2. The quantitative estimate of drug-likeness (QED) is 0.813. The van der Waals surface area contributed by atoms with Crippen LogP contribution < -0.4 is 10.6 Å². The number of hydrogen-bond acceptors (Lipinski definition) is 4. The molecule has 1 heterocycles. The predicted octanol–water partition coefficient (Wildman–Crippen LogP) is -0.157. The Balaban J connectivity index is 2.43. The summed E-state index contributed by atoms with van der Waals surface area (Å²) in [5.74, 6) is -0.861. The maximum atomic E-state index is 13.2. The molecule has 21 heavy (non-hydrogen) atoms. The minimum atomic E-state index is -3.85. The molecule has 1 aromatic carbocycles. The molecule has 0 aliphatic carbocycles. The molecular formula is C13H18FN3O3S. The third-order valence-electron chi connectivity index (χ3n) is 3.47. The van der Waals surface area contributed by atoms with Gasteiger partial charge in [-0.1, -0.05) is 0 Å². The summed E-state index contributed by atoms with van der Waals surface area (Å²) in [4.78, 5) is 11.9. The van der Waals surface area contributed by atoms with Gasteiger partial charge in [-0.05, 0) is 30.7 Å². The zero-order valence-electron chi connectivity index (χ0n) is 11.9. The number of rotatable bonds is 3. The Morgan fingerprint density at radius 2 is 2.19 bits per heavy atom. The van der Waals surface area contributed by atoms with E-state index in [9.17, 15) is 17.6 Å². The van der Waals surface area contributed by atoms with E-state index < -0.39 is 21.9 Å². The van der Waals surface area contributed by atoms with Crippen molar-refractivity contribution < 1.29 is 17.6 Å². The van der Waals surface area contributed by atoms with E-state index in [1.165, 1.54) is 30.4 Å². The molecule has 1 unspecified atom stereocenters. The fourth-order valence-electron chi connectivity index (χ4n) is 2.39. The maximum Gasteiger partial charge on any atom is 0.244 e. The van der Waals surface area contributed by atoms with Crippen LogP contribution in [0, 0.1) is 12.7 Å². The van der Waals surface area contributed by atoms with Crippen molar-refractivity contribution in [3.63, 3.8) is 0 Å². The van der Waals surface area contributed by atoms with Gasteiger partial charge in [-0.15, -0.1) is 0 Å². The average Bonchev–Trinajstić information content (AvgIpc) is 2.46. The standard InChI is InChI=1S/C13H18FN3O3S/c1-9-7-10(14)3-4-12(9)21(19,20)17-6-5-16-8-11(17)13(18)15-2/h3-4,7,11,16H,5-6,8H2,1-2H3,(H,15,18). The van der Waals surface area contributed by atoms with E-state index in [-0.39, 0.29) is 23.9 Å². The van der Waals surface area contributed by atoms with Gasteiger partial charge in [-0.25, -0.2) is 12.8 Å². The van der Waals surface area contributed by atoms with Gasteiger partial charge in [-0.3, -0.25) is 4.79 Å². The Labute approximate surface area is 123 Å². The van der Waals surface area contributed by atoms with Crippen molar-refractivity contribution in [1.82, 2.24) is 14.9 Å². The highest BCUT2D eigenvalue weighted by atomic mass is 32.2. The summed E-state index contributed by atoms with van der Waals surface area (Å²) in [5, 5.41) is 5.47. The van der Waals surface area contributed by atoms with Crippen molar-refractivity contribution in [2.75, 3.05) is 26.7 Å². The van der Waals surface area contributed by atoms with Crippen LogP contribution in [0.15, 0.2) is 23.1 Å². The van der Waals surface area contributed by atoms with Crippen LogP contribution in [-0.4, -0.2) is 51.4 Å². The zero-order chi connectivity index (χ0) is 15.6. The molecule has 1 fully saturated rings. The molecule has 8 heteroatoms. The second-order valence-electron chi connectivity index (χ2n) is 4.86.